The van der Waals surface area contributed by atoms with Gasteiger partial charge in [0.15, 0.2) is 0 Å². The van der Waals surface area contributed by atoms with Gasteiger partial charge in [0.2, 0.25) is 5.95 Å². The van der Waals surface area contributed by atoms with Gasteiger partial charge in [-0.2, -0.15) is 4.98 Å². The Kier molecular flexibility index (Phi) is 6.28. The van der Waals surface area contributed by atoms with Crippen molar-refractivity contribution in [2.24, 2.45) is 0 Å². The van der Waals surface area contributed by atoms with Crippen LogP contribution in [0.4, 0.5) is 17.5 Å². The summed E-state index contributed by atoms with van der Waals surface area (Å²) in [6, 6.07) is 8.09. The number of nitrogens with one attached hydrogen (secondary N) is 2. The fourth-order valence-corrected chi connectivity index (χ4v) is 3.19. The van der Waals surface area contributed by atoms with E-state index in [9.17, 15) is 0 Å². The Morgan fingerprint density at radius 1 is 1.15 bits per heavy atom. The van der Waals surface area contributed by atoms with E-state index < -0.39 is 0 Å². The summed E-state index contributed by atoms with van der Waals surface area (Å²) in [6.45, 7) is 5.72. The van der Waals surface area contributed by atoms with E-state index in [-0.39, 0.29) is 0 Å². The number of benzene rings is 1. The van der Waals surface area contributed by atoms with Crippen LogP contribution in [0.2, 0.25) is 0 Å². The first kappa shape index (κ1) is 18.5. The molecule has 2 N–H and O–H groups in total. The van der Waals surface area contributed by atoms with Gasteiger partial charge in [-0.25, -0.2) is 4.98 Å². The van der Waals surface area contributed by atoms with Gasteiger partial charge >= 0.3 is 0 Å². The molecule has 1 fully saturated rings. The minimum Gasteiger partial charge on any atom is -0.496 e. The fourth-order valence-electron chi connectivity index (χ4n) is 3.19. The van der Waals surface area contributed by atoms with Crippen molar-refractivity contribution in [2.45, 2.75) is 32.6 Å². The van der Waals surface area contributed by atoms with E-state index in [1.165, 1.54) is 44.5 Å². The van der Waals surface area contributed by atoms with Crippen molar-refractivity contribution >= 4 is 17.5 Å². The van der Waals surface area contributed by atoms with Gasteiger partial charge in [-0.1, -0.05) is 0 Å². The van der Waals surface area contributed by atoms with Crippen LogP contribution in [-0.2, 0) is 6.42 Å². The molecular weight excluding hydrogens is 326 g/mol. The van der Waals surface area contributed by atoms with Crippen molar-refractivity contribution in [1.82, 2.24) is 14.9 Å². The van der Waals surface area contributed by atoms with Gasteiger partial charge in [-0.3, -0.25) is 0 Å². The third-order valence-corrected chi connectivity index (χ3v) is 4.77. The zero-order valence-electron chi connectivity index (χ0n) is 16.0. The van der Waals surface area contributed by atoms with E-state index >= 15 is 0 Å². The van der Waals surface area contributed by atoms with Crippen LogP contribution in [0.5, 0.6) is 5.75 Å². The minimum atomic E-state index is 0.600. The van der Waals surface area contributed by atoms with Crippen molar-refractivity contribution in [3.05, 3.63) is 35.5 Å². The summed E-state index contributed by atoms with van der Waals surface area (Å²) in [7, 11) is 3.59. The van der Waals surface area contributed by atoms with Crippen LogP contribution in [-0.4, -0.2) is 48.7 Å². The van der Waals surface area contributed by atoms with Gasteiger partial charge in [0.1, 0.15) is 11.6 Å². The van der Waals surface area contributed by atoms with E-state index in [2.05, 4.69) is 31.6 Å². The molecule has 1 aliphatic rings. The monoisotopic (exact) mass is 355 g/mol. The van der Waals surface area contributed by atoms with Gasteiger partial charge in [0, 0.05) is 24.5 Å². The quantitative estimate of drug-likeness (QED) is 0.670. The number of aromatic nitrogens is 2. The highest BCUT2D eigenvalue weighted by Gasteiger charge is 2.13. The predicted molar refractivity (Wildman–Crippen MR) is 107 cm³/mol. The van der Waals surface area contributed by atoms with Crippen LogP contribution in [0, 0.1) is 6.92 Å². The van der Waals surface area contributed by atoms with Gasteiger partial charge in [0.25, 0.3) is 0 Å². The van der Waals surface area contributed by atoms with Crippen molar-refractivity contribution in [1.29, 1.82) is 0 Å². The molecule has 0 radical (unpaired) electrons. The molecule has 0 atom stereocenters. The highest BCUT2D eigenvalue weighted by atomic mass is 16.5. The van der Waals surface area contributed by atoms with Crippen LogP contribution in [0.3, 0.4) is 0 Å². The lowest BCUT2D eigenvalue weighted by atomic mass is 10.1. The normalized spacial score (nSPS) is 14.0. The summed E-state index contributed by atoms with van der Waals surface area (Å²) < 4.78 is 5.54. The molecule has 1 aliphatic heterocycles. The zero-order chi connectivity index (χ0) is 18.4. The third kappa shape index (κ3) is 4.85. The van der Waals surface area contributed by atoms with E-state index in [1.807, 2.05) is 32.2 Å². The Balaban J connectivity index is 1.64. The zero-order valence-corrected chi connectivity index (χ0v) is 16.0. The number of anilines is 3. The predicted octanol–water partition coefficient (Wildman–Crippen LogP) is 3.61. The summed E-state index contributed by atoms with van der Waals surface area (Å²) in [5.74, 6) is 2.35. The SMILES string of the molecule is CNc1cc(C)nc(Nc2ccc(OC)c(CCCCN3CCC3)c2)n1. The standard InChI is InChI=1S/C20H29N5O/c1-15-13-19(21-2)24-20(22-15)23-17-8-9-18(26-3)16(14-17)7-4-5-10-25-11-6-12-25/h8-9,13-14H,4-7,10-12H2,1-3H3,(H2,21,22,23,24). The van der Waals surface area contributed by atoms with E-state index in [0.29, 0.717) is 5.95 Å². The highest BCUT2D eigenvalue weighted by molar-refractivity contribution is 5.58. The molecule has 6 nitrogen and oxygen atoms in total. The summed E-state index contributed by atoms with van der Waals surface area (Å²) in [4.78, 5) is 11.4. The molecule has 1 aromatic carbocycles. The Morgan fingerprint density at radius 3 is 2.69 bits per heavy atom. The van der Waals surface area contributed by atoms with Crippen molar-refractivity contribution in [2.75, 3.05) is 44.4 Å². The first-order valence-electron chi connectivity index (χ1n) is 9.37. The Hall–Kier alpha value is -2.34. The number of nitrogens with zero attached hydrogens (tertiary/aromatic N) is 3. The molecule has 2 aromatic rings. The number of rotatable bonds is 9. The molecular formula is C20H29N5O. The first-order valence-corrected chi connectivity index (χ1v) is 9.37. The topological polar surface area (TPSA) is 62.3 Å². The summed E-state index contributed by atoms with van der Waals surface area (Å²) >= 11 is 0. The molecule has 140 valence electrons. The second-order valence-electron chi connectivity index (χ2n) is 6.77. The summed E-state index contributed by atoms with van der Waals surface area (Å²) in [6.07, 6.45) is 4.77. The van der Waals surface area contributed by atoms with Crippen molar-refractivity contribution < 1.29 is 4.74 Å². The van der Waals surface area contributed by atoms with Crippen LogP contribution in [0.25, 0.3) is 0 Å². The molecule has 1 saturated heterocycles. The number of aryl methyl sites for hydroxylation is 2. The molecule has 0 saturated carbocycles. The van der Waals surface area contributed by atoms with Gasteiger partial charge in [-0.05, 0) is 76.0 Å². The molecule has 0 unspecified atom stereocenters. The lowest BCUT2D eigenvalue weighted by Crippen LogP contribution is -2.37. The average Bonchev–Trinajstić information content (AvgIpc) is 2.59. The third-order valence-electron chi connectivity index (χ3n) is 4.77. The minimum absolute atomic E-state index is 0.600. The molecule has 2 heterocycles. The molecule has 0 bridgehead atoms. The Labute approximate surface area is 156 Å². The molecule has 6 heteroatoms. The number of ether oxygens (including phenoxy) is 1. The maximum Gasteiger partial charge on any atom is 0.229 e. The number of methoxy groups -OCH3 is 1. The lowest BCUT2D eigenvalue weighted by Gasteiger charge is -2.30. The second kappa shape index (κ2) is 8.85. The van der Waals surface area contributed by atoms with E-state index in [4.69, 9.17) is 4.74 Å². The first-order chi connectivity index (χ1) is 12.7. The average molecular weight is 355 g/mol. The maximum absolute atomic E-state index is 5.54. The lowest BCUT2D eigenvalue weighted by molar-refractivity contribution is 0.178. The van der Waals surface area contributed by atoms with Crippen LogP contribution in [0.1, 0.15) is 30.5 Å². The van der Waals surface area contributed by atoms with E-state index in [0.717, 1.165) is 29.4 Å². The molecule has 0 spiro atoms. The van der Waals surface area contributed by atoms with Gasteiger partial charge in [-0.15, -0.1) is 0 Å². The summed E-state index contributed by atoms with van der Waals surface area (Å²) in [5.41, 5.74) is 3.13. The maximum atomic E-state index is 5.54. The second-order valence-corrected chi connectivity index (χ2v) is 6.77. The van der Waals surface area contributed by atoms with Crippen molar-refractivity contribution in [3.8, 4) is 5.75 Å². The van der Waals surface area contributed by atoms with Crippen LogP contribution >= 0.6 is 0 Å². The number of unbranched alkanes of at least 4 members (excludes halogenated alkanes) is 1. The number of likely N-dealkylation sites (tertiary alicyclic amines) is 1. The molecule has 26 heavy (non-hydrogen) atoms. The number of hydrogen-bond donors (Lipinski definition) is 2. The van der Waals surface area contributed by atoms with E-state index in [1.54, 1.807) is 7.11 Å². The number of hydrogen-bond acceptors (Lipinski definition) is 6. The fraction of sp³-hybridized carbons (Fsp3) is 0.500. The van der Waals surface area contributed by atoms with Gasteiger partial charge in [0.05, 0.1) is 7.11 Å². The molecule has 1 aromatic heterocycles. The highest BCUT2D eigenvalue weighted by Crippen LogP contribution is 2.26. The van der Waals surface area contributed by atoms with Crippen LogP contribution in [0.15, 0.2) is 24.3 Å². The molecule has 0 amide bonds. The Morgan fingerprint density at radius 2 is 2.00 bits per heavy atom. The molecule has 0 aliphatic carbocycles. The molecule has 3 rings (SSSR count). The summed E-state index contributed by atoms with van der Waals surface area (Å²) in [5, 5.41) is 6.37. The van der Waals surface area contributed by atoms with Gasteiger partial charge < -0.3 is 20.3 Å². The largest absolute Gasteiger partial charge is 0.496 e. The van der Waals surface area contributed by atoms with Crippen molar-refractivity contribution in [3.63, 3.8) is 0 Å². The Bertz CT molecular complexity index is 730. The smallest absolute Gasteiger partial charge is 0.229 e. The van der Waals surface area contributed by atoms with Crippen LogP contribution < -0.4 is 15.4 Å².